The average molecular weight is 505 g/mol. The summed E-state index contributed by atoms with van der Waals surface area (Å²) in [5.41, 5.74) is -0.334. The number of carbonyl (C=O) groups is 3. The minimum atomic E-state index is -4.78. The van der Waals surface area contributed by atoms with Crippen LogP contribution >= 0.6 is 0 Å². The molecule has 2 aromatic carbocycles. The van der Waals surface area contributed by atoms with Crippen molar-refractivity contribution in [3.8, 4) is 5.75 Å². The van der Waals surface area contributed by atoms with Crippen molar-refractivity contribution in [3.05, 3.63) is 58.7 Å². The molecule has 0 saturated carbocycles. The first-order chi connectivity index (χ1) is 17.2. The van der Waals surface area contributed by atoms with Crippen molar-refractivity contribution >= 4 is 23.8 Å². The molecule has 2 amide bonds. The fourth-order valence-electron chi connectivity index (χ4n) is 4.73. The number of ketones is 1. The van der Waals surface area contributed by atoms with E-state index in [1.807, 2.05) is 29.6 Å². The van der Waals surface area contributed by atoms with E-state index < -0.39 is 46.5 Å². The molecule has 2 unspecified atom stereocenters. The molecular formula is C27H31F3N2O4. The van der Waals surface area contributed by atoms with Crippen molar-refractivity contribution in [2.75, 3.05) is 5.32 Å². The van der Waals surface area contributed by atoms with Crippen molar-refractivity contribution in [2.45, 2.75) is 70.5 Å². The van der Waals surface area contributed by atoms with Crippen molar-refractivity contribution < 1.29 is 32.7 Å². The van der Waals surface area contributed by atoms with Crippen LogP contribution in [0.3, 0.4) is 0 Å². The van der Waals surface area contributed by atoms with Gasteiger partial charge in [-0.25, -0.2) is 0 Å². The monoisotopic (exact) mass is 504 g/mol. The first-order valence-electron chi connectivity index (χ1n) is 12.2. The zero-order chi connectivity index (χ0) is 26.3. The molecule has 6 nitrogen and oxygen atoms in total. The van der Waals surface area contributed by atoms with Gasteiger partial charge in [-0.15, -0.1) is 0 Å². The fourth-order valence-corrected chi connectivity index (χ4v) is 4.73. The number of Topliss-reactive ketones (excluding diaryl/α,β-unsaturated/α-hetero) is 1. The highest BCUT2D eigenvalue weighted by atomic mass is 19.4. The Bertz CT molecular complexity index is 1100. The van der Waals surface area contributed by atoms with Crippen LogP contribution in [0.4, 0.5) is 18.9 Å². The van der Waals surface area contributed by atoms with Gasteiger partial charge in [-0.2, -0.15) is 13.2 Å². The van der Waals surface area contributed by atoms with E-state index in [4.69, 9.17) is 0 Å². The molecule has 0 bridgehead atoms. The van der Waals surface area contributed by atoms with Gasteiger partial charge < -0.3 is 15.7 Å². The molecule has 3 N–H and O–H groups in total. The van der Waals surface area contributed by atoms with E-state index in [0.717, 1.165) is 43.2 Å². The summed E-state index contributed by atoms with van der Waals surface area (Å²) in [7, 11) is 0. The predicted molar refractivity (Wildman–Crippen MR) is 130 cm³/mol. The number of hydrogen-bond donors (Lipinski definition) is 3. The lowest BCUT2D eigenvalue weighted by Crippen LogP contribution is -2.32. The quantitative estimate of drug-likeness (QED) is 0.144. The SMILES string of the molecule is CCCCCCCC(=O)NC1c2ccccc2CC1CC(=O)c1cc(C(F)(F)F)cc(NC=O)c1O. The first-order valence-corrected chi connectivity index (χ1v) is 12.2. The van der Waals surface area contributed by atoms with Gasteiger partial charge in [-0.3, -0.25) is 14.4 Å². The summed E-state index contributed by atoms with van der Waals surface area (Å²) in [4.78, 5) is 36.6. The van der Waals surface area contributed by atoms with Crippen molar-refractivity contribution in [1.29, 1.82) is 0 Å². The first kappa shape index (κ1) is 27.2. The van der Waals surface area contributed by atoms with Crippen LogP contribution in [0, 0.1) is 5.92 Å². The molecule has 3 rings (SSSR count). The van der Waals surface area contributed by atoms with Crippen molar-refractivity contribution in [2.24, 2.45) is 5.92 Å². The maximum atomic E-state index is 13.4. The summed E-state index contributed by atoms with van der Waals surface area (Å²) in [6, 6.07) is 8.18. The molecule has 194 valence electrons. The lowest BCUT2D eigenvalue weighted by atomic mass is 9.91. The molecule has 0 fully saturated rings. The summed E-state index contributed by atoms with van der Waals surface area (Å²) in [5, 5.41) is 15.5. The van der Waals surface area contributed by atoms with Gasteiger partial charge >= 0.3 is 6.18 Å². The lowest BCUT2D eigenvalue weighted by molar-refractivity contribution is -0.137. The summed E-state index contributed by atoms with van der Waals surface area (Å²) in [6.07, 6.45) is 0.985. The summed E-state index contributed by atoms with van der Waals surface area (Å²) >= 11 is 0. The molecule has 1 aliphatic carbocycles. The molecule has 9 heteroatoms. The number of rotatable bonds is 12. The number of fused-ring (bicyclic) bond motifs is 1. The third kappa shape index (κ3) is 6.65. The van der Waals surface area contributed by atoms with Gasteiger partial charge in [0.2, 0.25) is 12.3 Å². The lowest BCUT2D eigenvalue weighted by Gasteiger charge is -2.22. The minimum absolute atomic E-state index is 0.130. The number of carbonyl (C=O) groups excluding carboxylic acids is 3. The highest BCUT2D eigenvalue weighted by Crippen LogP contribution is 2.41. The Morgan fingerprint density at radius 2 is 1.83 bits per heavy atom. The van der Waals surface area contributed by atoms with Gasteiger partial charge in [0.1, 0.15) is 5.75 Å². The zero-order valence-corrected chi connectivity index (χ0v) is 20.2. The topological polar surface area (TPSA) is 95.5 Å². The van der Waals surface area contributed by atoms with Gasteiger partial charge in [-0.1, -0.05) is 56.9 Å². The van der Waals surface area contributed by atoms with Crippen LogP contribution in [0.2, 0.25) is 0 Å². The second-order valence-corrected chi connectivity index (χ2v) is 9.18. The number of anilines is 1. The zero-order valence-electron chi connectivity index (χ0n) is 20.2. The fraction of sp³-hybridized carbons (Fsp3) is 0.444. The average Bonchev–Trinajstić information content (AvgIpc) is 3.16. The number of phenols is 1. The highest BCUT2D eigenvalue weighted by Gasteiger charge is 2.37. The Morgan fingerprint density at radius 1 is 1.11 bits per heavy atom. The Morgan fingerprint density at radius 3 is 2.53 bits per heavy atom. The maximum Gasteiger partial charge on any atom is 0.416 e. The summed E-state index contributed by atoms with van der Waals surface area (Å²) in [5.74, 6) is -1.95. The van der Waals surface area contributed by atoms with Gasteiger partial charge in [0, 0.05) is 12.8 Å². The molecular weight excluding hydrogens is 473 g/mol. The number of phenolic OH excluding ortho intramolecular Hbond substituents is 1. The Balaban J connectivity index is 1.80. The van der Waals surface area contributed by atoms with E-state index >= 15 is 0 Å². The number of amides is 2. The van der Waals surface area contributed by atoms with E-state index in [1.165, 1.54) is 0 Å². The van der Waals surface area contributed by atoms with Crippen LogP contribution < -0.4 is 10.6 Å². The maximum absolute atomic E-state index is 13.4. The molecule has 0 radical (unpaired) electrons. The Labute approximate surface area is 208 Å². The smallest absolute Gasteiger partial charge is 0.416 e. The van der Waals surface area contributed by atoms with Crippen LogP contribution in [0.25, 0.3) is 0 Å². The molecule has 2 aromatic rings. The minimum Gasteiger partial charge on any atom is -0.505 e. The van der Waals surface area contributed by atoms with Crippen LogP contribution in [0.1, 0.15) is 85.0 Å². The third-order valence-corrected chi connectivity index (χ3v) is 6.57. The van der Waals surface area contributed by atoms with Gasteiger partial charge in [-0.05, 0) is 42.0 Å². The molecule has 0 aromatic heterocycles. The van der Waals surface area contributed by atoms with Gasteiger partial charge in [0.25, 0.3) is 0 Å². The summed E-state index contributed by atoms with van der Waals surface area (Å²) < 4.78 is 40.2. The molecule has 0 saturated heterocycles. The predicted octanol–water partition coefficient (Wildman–Crippen LogP) is 5.94. The third-order valence-electron chi connectivity index (χ3n) is 6.57. The second kappa shape index (κ2) is 12.1. The van der Waals surface area contributed by atoms with Gasteiger partial charge in [0.15, 0.2) is 5.78 Å². The number of nitrogens with one attached hydrogen (secondary N) is 2. The second-order valence-electron chi connectivity index (χ2n) is 9.18. The number of alkyl halides is 3. The largest absolute Gasteiger partial charge is 0.505 e. The molecule has 36 heavy (non-hydrogen) atoms. The van der Waals surface area contributed by atoms with Crippen molar-refractivity contribution in [1.82, 2.24) is 5.32 Å². The number of halogens is 3. The van der Waals surface area contributed by atoms with Crippen LogP contribution in [0.15, 0.2) is 36.4 Å². The van der Waals surface area contributed by atoms with E-state index in [0.29, 0.717) is 25.0 Å². The van der Waals surface area contributed by atoms with Crippen LogP contribution in [0.5, 0.6) is 5.75 Å². The number of benzene rings is 2. The normalized spacial score (nSPS) is 16.9. The number of aromatic hydroxyl groups is 1. The summed E-state index contributed by atoms with van der Waals surface area (Å²) in [6.45, 7) is 2.12. The molecule has 0 heterocycles. The van der Waals surface area contributed by atoms with Crippen molar-refractivity contribution in [3.63, 3.8) is 0 Å². The molecule has 1 aliphatic rings. The van der Waals surface area contributed by atoms with E-state index in [1.54, 1.807) is 0 Å². The van der Waals surface area contributed by atoms with E-state index in [9.17, 15) is 32.7 Å². The highest BCUT2D eigenvalue weighted by molar-refractivity contribution is 6.01. The molecule has 0 spiro atoms. The van der Waals surface area contributed by atoms with E-state index in [2.05, 4.69) is 12.2 Å². The standard InChI is InChI=1S/C27H31F3N2O4/c1-2-3-4-5-6-11-24(35)32-25-18(12-17-9-7-8-10-20(17)25)13-23(34)21-14-19(27(28,29)30)15-22(26(21)36)31-16-33/h7-10,14-16,18,25,36H,2-6,11-13H2,1H3,(H,31,33)(H,32,35). The molecule has 2 atom stereocenters. The Kier molecular flexibility index (Phi) is 9.12. The number of unbranched alkanes of at least 4 members (excludes halogenated alkanes) is 4. The van der Waals surface area contributed by atoms with Crippen LogP contribution in [-0.4, -0.2) is 23.2 Å². The molecule has 0 aliphatic heterocycles. The van der Waals surface area contributed by atoms with Crippen LogP contribution in [-0.2, 0) is 22.2 Å². The number of hydrogen-bond acceptors (Lipinski definition) is 4. The Hall–Kier alpha value is -3.36. The van der Waals surface area contributed by atoms with E-state index in [-0.39, 0.29) is 18.7 Å². The van der Waals surface area contributed by atoms with Gasteiger partial charge in [0.05, 0.1) is 22.9 Å².